The van der Waals surface area contributed by atoms with E-state index in [1.165, 1.54) is 23.3 Å². The number of hydrogen-bond acceptors (Lipinski definition) is 2. The van der Waals surface area contributed by atoms with Crippen LogP contribution in [0.2, 0.25) is 0 Å². The van der Waals surface area contributed by atoms with Crippen molar-refractivity contribution >= 4 is 0 Å². The lowest BCUT2D eigenvalue weighted by atomic mass is 9.84. The Morgan fingerprint density at radius 1 is 1.00 bits per heavy atom. The standard InChI is InChI=1S/C18H18FNO/c19-14-7-5-13(6-8-14)17-15-3-1-2-4-16(15)18(21-17)9-11-20-12-10-18/h1-8,17,20H,9-12H2/t17-/m0/s1. The molecule has 4 rings (SSSR count). The van der Waals surface area contributed by atoms with Crippen molar-refractivity contribution in [2.45, 2.75) is 24.5 Å². The molecule has 0 bridgehead atoms. The number of rotatable bonds is 1. The van der Waals surface area contributed by atoms with Gasteiger partial charge in [-0.15, -0.1) is 0 Å². The van der Waals surface area contributed by atoms with Crippen LogP contribution in [0.1, 0.15) is 35.6 Å². The minimum Gasteiger partial charge on any atom is -0.358 e. The molecule has 1 saturated heterocycles. The highest BCUT2D eigenvalue weighted by molar-refractivity contribution is 5.43. The molecule has 21 heavy (non-hydrogen) atoms. The molecule has 0 amide bonds. The molecular weight excluding hydrogens is 265 g/mol. The number of hydrogen-bond donors (Lipinski definition) is 1. The zero-order chi connectivity index (χ0) is 14.3. The zero-order valence-corrected chi connectivity index (χ0v) is 11.8. The van der Waals surface area contributed by atoms with Gasteiger partial charge >= 0.3 is 0 Å². The third kappa shape index (κ3) is 2.08. The van der Waals surface area contributed by atoms with E-state index in [1.54, 1.807) is 0 Å². The van der Waals surface area contributed by atoms with E-state index in [0.29, 0.717) is 0 Å². The average molecular weight is 283 g/mol. The molecule has 1 atom stereocenters. The van der Waals surface area contributed by atoms with Crippen molar-refractivity contribution in [2.24, 2.45) is 0 Å². The number of piperidine rings is 1. The molecule has 2 aliphatic rings. The van der Waals surface area contributed by atoms with E-state index in [1.807, 2.05) is 12.1 Å². The first kappa shape index (κ1) is 13.0. The predicted molar refractivity (Wildman–Crippen MR) is 79.6 cm³/mol. The van der Waals surface area contributed by atoms with Crippen LogP contribution in [0.4, 0.5) is 4.39 Å². The predicted octanol–water partition coefficient (Wildman–Crippen LogP) is 3.52. The lowest BCUT2D eigenvalue weighted by Crippen LogP contribution is -2.39. The molecule has 1 fully saturated rings. The van der Waals surface area contributed by atoms with E-state index in [0.717, 1.165) is 31.5 Å². The fourth-order valence-electron chi connectivity index (χ4n) is 3.60. The molecular formula is C18H18FNO. The molecule has 2 nitrogen and oxygen atoms in total. The van der Waals surface area contributed by atoms with E-state index >= 15 is 0 Å². The Labute approximate surface area is 123 Å². The van der Waals surface area contributed by atoms with Crippen LogP contribution in [0.25, 0.3) is 0 Å². The first-order valence-corrected chi connectivity index (χ1v) is 7.52. The summed E-state index contributed by atoms with van der Waals surface area (Å²) in [5.41, 5.74) is 3.38. The normalized spacial score (nSPS) is 23.2. The minimum atomic E-state index is -0.207. The van der Waals surface area contributed by atoms with Crippen LogP contribution in [-0.2, 0) is 10.3 Å². The Hall–Kier alpha value is -1.71. The number of halogens is 1. The number of benzene rings is 2. The second-order valence-corrected chi connectivity index (χ2v) is 5.88. The van der Waals surface area contributed by atoms with Crippen LogP contribution >= 0.6 is 0 Å². The Morgan fingerprint density at radius 3 is 2.48 bits per heavy atom. The highest BCUT2D eigenvalue weighted by atomic mass is 19.1. The monoisotopic (exact) mass is 283 g/mol. The highest BCUT2D eigenvalue weighted by Gasteiger charge is 2.45. The molecule has 0 unspecified atom stereocenters. The van der Waals surface area contributed by atoms with Crippen molar-refractivity contribution in [1.82, 2.24) is 5.32 Å². The molecule has 3 heteroatoms. The van der Waals surface area contributed by atoms with Gasteiger partial charge < -0.3 is 10.1 Å². The molecule has 108 valence electrons. The molecule has 1 spiro atoms. The van der Waals surface area contributed by atoms with Gasteiger partial charge in [0, 0.05) is 0 Å². The minimum absolute atomic E-state index is 0.0834. The Balaban J connectivity index is 1.79. The van der Waals surface area contributed by atoms with Crippen molar-refractivity contribution in [2.75, 3.05) is 13.1 Å². The molecule has 0 saturated carbocycles. The number of fused-ring (bicyclic) bond motifs is 2. The topological polar surface area (TPSA) is 21.3 Å². The van der Waals surface area contributed by atoms with Crippen LogP contribution < -0.4 is 5.32 Å². The molecule has 0 aliphatic carbocycles. The summed E-state index contributed by atoms with van der Waals surface area (Å²) in [5, 5.41) is 3.40. The van der Waals surface area contributed by atoms with E-state index < -0.39 is 0 Å². The van der Waals surface area contributed by atoms with Gasteiger partial charge in [-0.2, -0.15) is 0 Å². The Morgan fingerprint density at radius 2 is 1.71 bits per heavy atom. The van der Waals surface area contributed by atoms with Crippen LogP contribution in [0.5, 0.6) is 0 Å². The van der Waals surface area contributed by atoms with E-state index in [9.17, 15) is 4.39 Å². The van der Waals surface area contributed by atoms with Gasteiger partial charge in [0.05, 0.1) is 5.60 Å². The van der Waals surface area contributed by atoms with Gasteiger partial charge in [-0.1, -0.05) is 36.4 Å². The highest BCUT2D eigenvalue weighted by Crippen LogP contribution is 2.50. The van der Waals surface area contributed by atoms with Crippen LogP contribution in [0.15, 0.2) is 48.5 Å². The second-order valence-electron chi connectivity index (χ2n) is 5.88. The molecule has 2 aliphatic heterocycles. The van der Waals surface area contributed by atoms with Gasteiger partial charge in [-0.3, -0.25) is 0 Å². The maximum Gasteiger partial charge on any atom is 0.123 e. The Kier molecular flexibility index (Phi) is 3.05. The SMILES string of the molecule is Fc1ccc([C@@H]2OC3(CCNCC3)c3ccccc32)cc1. The lowest BCUT2D eigenvalue weighted by Gasteiger charge is -2.34. The number of nitrogens with one attached hydrogen (secondary N) is 1. The summed E-state index contributed by atoms with van der Waals surface area (Å²) >= 11 is 0. The van der Waals surface area contributed by atoms with Crippen LogP contribution in [0.3, 0.4) is 0 Å². The molecule has 2 aromatic rings. The summed E-state index contributed by atoms with van der Waals surface area (Å²) in [7, 11) is 0. The van der Waals surface area contributed by atoms with E-state index in [-0.39, 0.29) is 17.5 Å². The summed E-state index contributed by atoms with van der Waals surface area (Å²) in [5.74, 6) is -0.207. The van der Waals surface area contributed by atoms with Gasteiger partial charge in [0.25, 0.3) is 0 Å². The fourth-order valence-corrected chi connectivity index (χ4v) is 3.60. The van der Waals surface area contributed by atoms with Crippen molar-refractivity contribution in [1.29, 1.82) is 0 Å². The Bertz CT molecular complexity index is 647. The van der Waals surface area contributed by atoms with E-state index in [2.05, 4.69) is 29.6 Å². The maximum absolute atomic E-state index is 13.2. The third-order valence-corrected chi connectivity index (χ3v) is 4.66. The second kappa shape index (κ2) is 4.93. The third-order valence-electron chi connectivity index (χ3n) is 4.66. The van der Waals surface area contributed by atoms with Gasteiger partial charge in [0.15, 0.2) is 0 Å². The molecule has 1 N–H and O–H groups in total. The van der Waals surface area contributed by atoms with Crippen molar-refractivity contribution in [3.8, 4) is 0 Å². The quantitative estimate of drug-likeness (QED) is 0.864. The summed E-state index contributed by atoms with van der Waals surface area (Å²) in [6.45, 7) is 1.95. The van der Waals surface area contributed by atoms with Gasteiger partial charge in [0.1, 0.15) is 11.9 Å². The van der Waals surface area contributed by atoms with E-state index in [4.69, 9.17) is 4.74 Å². The van der Waals surface area contributed by atoms with Gasteiger partial charge in [0.2, 0.25) is 0 Å². The smallest absolute Gasteiger partial charge is 0.123 e. The summed E-state index contributed by atoms with van der Waals surface area (Å²) in [4.78, 5) is 0. The van der Waals surface area contributed by atoms with Crippen molar-refractivity contribution in [3.05, 3.63) is 71.0 Å². The summed E-state index contributed by atoms with van der Waals surface area (Å²) in [6, 6.07) is 15.1. The van der Waals surface area contributed by atoms with Crippen LogP contribution in [0, 0.1) is 5.82 Å². The lowest BCUT2D eigenvalue weighted by molar-refractivity contribution is -0.0798. The number of ether oxygens (including phenoxy) is 1. The molecule has 0 radical (unpaired) electrons. The fraction of sp³-hybridized carbons (Fsp3) is 0.333. The summed E-state index contributed by atoms with van der Waals surface area (Å²) in [6.07, 6.45) is 1.89. The largest absolute Gasteiger partial charge is 0.358 e. The first-order chi connectivity index (χ1) is 10.3. The average Bonchev–Trinajstić information content (AvgIpc) is 2.84. The van der Waals surface area contributed by atoms with Crippen molar-refractivity contribution < 1.29 is 9.13 Å². The molecule has 2 aromatic carbocycles. The van der Waals surface area contributed by atoms with Gasteiger partial charge in [-0.05, 0) is 54.8 Å². The molecule has 0 aromatic heterocycles. The first-order valence-electron chi connectivity index (χ1n) is 7.52. The van der Waals surface area contributed by atoms with Crippen molar-refractivity contribution in [3.63, 3.8) is 0 Å². The van der Waals surface area contributed by atoms with Gasteiger partial charge in [-0.25, -0.2) is 4.39 Å². The summed E-state index contributed by atoms with van der Waals surface area (Å²) < 4.78 is 19.7. The van der Waals surface area contributed by atoms with Crippen LogP contribution in [-0.4, -0.2) is 13.1 Å². The maximum atomic E-state index is 13.2. The molecule has 2 heterocycles. The zero-order valence-electron chi connectivity index (χ0n) is 11.8.